The summed E-state index contributed by atoms with van der Waals surface area (Å²) in [5.74, 6) is 0.251. The number of carbonyl (C=O) groups excluding carboxylic acids is 2. The van der Waals surface area contributed by atoms with Gasteiger partial charge in [0.15, 0.2) is 12.2 Å². The maximum absolute atomic E-state index is 12.2. The molecule has 43 heavy (non-hydrogen) atoms. The number of halogens is 1. The maximum Gasteiger partial charge on any atom is 0.330 e. The molecule has 218 valence electrons. The molecular formula is C36H31ClO6. The molecule has 0 aliphatic heterocycles. The number of fused-ring (bicyclic) bond motifs is 2. The van der Waals surface area contributed by atoms with E-state index in [1.807, 2.05) is 91.0 Å². The molecule has 0 bridgehead atoms. The number of carbonyl (C=O) groups is 2. The van der Waals surface area contributed by atoms with Crippen LogP contribution >= 0.6 is 11.6 Å². The van der Waals surface area contributed by atoms with E-state index < -0.39 is 24.1 Å². The summed E-state index contributed by atoms with van der Waals surface area (Å²) in [5, 5.41) is 2.35. The van der Waals surface area contributed by atoms with Crippen molar-refractivity contribution in [2.45, 2.75) is 25.0 Å². The van der Waals surface area contributed by atoms with Crippen LogP contribution in [0.4, 0.5) is 0 Å². The van der Waals surface area contributed by atoms with E-state index in [2.05, 4.69) is 13.2 Å². The fourth-order valence-corrected chi connectivity index (χ4v) is 5.30. The highest BCUT2D eigenvalue weighted by Gasteiger charge is 2.27. The summed E-state index contributed by atoms with van der Waals surface area (Å²) >= 11 is 6.56. The van der Waals surface area contributed by atoms with Crippen LogP contribution in [0.5, 0.6) is 11.5 Å². The Bertz CT molecular complexity index is 1660. The summed E-state index contributed by atoms with van der Waals surface area (Å²) in [6.07, 6.45) is 3.91. The van der Waals surface area contributed by atoms with E-state index >= 15 is 0 Å². The molecule has 0 radical (unpaired) electrons. The van der Waals surface area contributed by atoms with Crippen molar-refractivity contribution in [3.8, 4) is 11.5 Å². The van der Waals surface area contributed by atoms with Crippen molar-refractivity contribution in [3.63, 3.8) is 0 Å². The molecule has 2 atom stereocenters. The Morgan fingerprint density at radius 1 is 0.698 bits per heavy atom. The highest BCUT2D eigenvalue weighted by Crippen LogP contribution is 2.45. The minimum Gasteiger partial charge on any atom is -0.488 e. The highest BCUT2D eigenvalue weighted by molar-refractivity contribution is 6.30. The molecule has 0 fully saturated rings. The summed E-state index contributed by atoms with van der Waals surface area (Å²) in [6, 6.07) is 26.7. The van der Waals surface area contributed by atoms with Crippen LogP contribution in [0.2, 0.25) is 0 Å². The molecule has 0 spiro atoms. The van der Waals surface area contributed by atoms with Crippen LogP contribution < -0.4 is 9.47 Å². The van der Waals surface area contributed by atoms with Crippen molar-refractivity contribution in [2.75, 3.05) is 13.2 Å². The number of esters is 2. The summed E-state index contributed by atoms with van der Waals surface area (Å²) in [6.45, 7) is 7.23. The molecule has 2 unspecified atom stereocenters. The molecule has 0 amide bonds. The Kier molecular flexibility index (Phi) is 9.59. The van der Waals surface area contributed by atoms with Gasteiger partial charge in [-0.25, -0.2) is 9.59 Å². The van der Waals surface area contributed by atoms with Crippen molar-refractivity contribution in [1.82, 2.24) is 0 Å². The first-order valence-electron chi connectivity index (χ1n) is 13.9. The van der Waals surface area contributed by atoms with Gasteiger partial charge in [0.25, 0.3) is 0 Å². The molecular weight excluding hydrogens is 564 g/mol. The normalized spacial score (nSPS) is 13.6. The van der Waals surface area contributed by atoms with Crippen LogP contribution in [0.25, 0.3) is 10.8 Å². The Labute approximate surface area is 255 Å². The van der Waals surface area contributed by atoms with Gasteiger partial charge < -0.3 is 18.9 Å². The van der Waals surface area contributed by atoms with Crippen LogP contribution in [-0.4, -0.2) is 25.2 Å². The van der Waals surface area contributed by atoms with E-state index in [-0.39, 0.29) is 13.2 Å². The highest BCUT2D eigenvalue weighted by atomic mass is 35.5. The van der Waals surface area contributed by atoms with E-state index in [4.69, 9.17) is 30.5 Å². The molecule has 6 nitrogen and oxygen atoms in total. The van der Waals surface area contributed by atoms with Gasteiger partial charge in [-0.2, -0.15) is 0 Å². The third-order valence-corrected chi connectivity index (χ3v) is 7.44. The Morgan fingerprint density at radius 2 is 1.14 bits per heavy atom. The summed E-state index contributed by atoms with van der Waals surface area (Å²) < 4.78 is 24.4. The van der Waals surface area contributed by atoms with E-state index in [0.717, 1.165) is 45.2 Å². The van der Waals surface area contributed by atoms with Crippen molar-refractivity contribution >= 4 is 34.3 Å². The first-order valence-corrected chi connectivity index (χ1v) is 14.3. The Balaban J connectivity index is 1.52. The number of hydrogen-bond acceptors (Lipinski definition) is 6. The lowest BCUT2D eigenvalue weighted by molar-refractivity contribution is -0.145. The largest absolute Gasteiger partial charge is 0.488 e. The van der Waals surface area contributed by atoms with Gasteiger partial charge in [0.2, 0.25) is 0 Å². The van der Waals surface area contributed by atoms with Crippen LogP contribution in [0.1, 0.15) is 34.5 Å². The molecule has 0 saturated heterocycles. The quantitative estimate of drug-likeness (QED) is 0.123. The third kappa shape index (κ3) is 6.99. The zero-order valence-corrected chi connectivity index (χ0v) is 24.3. The minimum absolute atomic E-state index is 0.0785. The second-order valence-corrected chi connectivity index (χ2v) is 10.4. The first-order chi connectivity index (χ1) is 21.0. The summed E-state index contributed by atoms with van der Waals surface area (Å²) in [5.41, 5.74) is 3.43. The van der Waals surface area contributed by atoms with Crippen LogP contribution in [0, 0.1) is 0 Å². The lowest BCUT2D eigenvalue weighted by atomic mass is 9.90. The predicted octanol–water partition coefficient (Wildman–Crippen LogP) is 7.76. The van der Waals surface area contributed by atoms with Gasteiger partial charge in [-0.3, -0.25) is 0 Å². The van der Waals surface area contributed by atoms with Gasteiger partial charge in [-0.1, -0.05) is 116 Å². The van der Waals surface area contributed by atoms with Crippen LogP contribution in [-0.2, 0) is 31.9 Å². The fourth-order valence-electron chi connectivity index (χ4n) is 5.09. The molecule has 4 aromatic carbocycles. The van der Waals surface area contributed by atoms with E-state index in [1.165, 1.54) is 0 Å². The SMILES string of the molecule is C=CC(=O)OC(COc1c2c(c(OCC(OC(=O)C=C)c3ccccc3)c3ccccc13)CC(Cl)=CC2)c1ccccc1. The molecule has 0 aromatic heterocycles. The van der Waals surface area contributed by atoms with Crippen molar-refractivity contribution in [2.24, 2.45) is 0 Å². The predicted molar refractivity (Wildman–Crippen MR) is 167 cm³/mol. The fraction of sp³-hybridized carbons (Fsp3) is 0.167. The van der Waals surface area contributed by atoms with Crippen LogP contribution in [0.15, 0.2) is 121 Å². The van der Waals surface area contributed by atoms with Gasteiger partial charge in [0, 0.05) is 45.5 Å². The average molecular weight is 595 g/mol. The number of allylic oxidation sites excluding steroid dienone is 2. The molecule has 0 saturated carbocycles. The second kappa shape index (κ2) is 13.9. The zero-order chi connectivity index (χ0) is 30.2. The van der Waals surface area contributed by atoms with Gasteiger partial charge in [-0.15, -0.1) is 0 Å². The molecule has 0 N–H and O–H groups in total. The Hall–Kier alpha value is -4.81. The Morgan fingerprint density at radius 3 is 1.60 bits per heavy atom. The monoisotopic (exact) mass is 594 g/mol. The van der Waals surface area contributed by atoms with Crippen molar-refractivity contribution in [3.05, 3.63) is 144 Å². The molecule has 7 heteroatoms. The van der Waals surface area contributed by atoms with Gasteiger partial charge in [0.1, 0.15) is 24.7 Å². The van der Waals surface area contributed by atoms with Gasteiger partial charge in [-0.05, 0) is 17.5 Å². The van der Waals surface area contributed by atoms with E-state index in [1.54, 1.807) is 0 Å². The number of benzene rings is 4. The molecule has 1 aliphatic carbocycles. The molecule has 1 aliphatic rings. The molecule has 5 rings (SSSR count). The van der Waals surface area contributed by atoms with Crippen molar-refractivity contribution in [1.29, 1.82) is 0 Å². The smallest absolute Gasteiger partial charge is 0.330 e. The number of rotatable bonds is 12. The van der Waals surface area contributed by atoms with Crippen molar-refractivity contribution < 1.29 is 28.5 Å². The average Bonchev–Trinajstić information content (AvgIpc) is 3.05. The van der Waals surface area contributed by atoms with E-state index in [9.17, 15) is 9.59 Å². The lowest BCUT2D eigenvalue weighted by Crippen LogP contribution is -2.19. The van der Waals surface area contributed by atoms with Gasteiger partial charge in [0.05, 0.1) is 0 Å². The standard InChI is InChI=1S/C36H31ClO6/c1-3-33(38)42-31(24-13-7-5-8-14-24)22-40-35-27-17-11-12-18-28(27)36(30-21-26(37)19-20-29(30)35)41-23-32(43-34(39)4-2)25-15-9-6-10-16-25/h3-19,31-32H,1-2,20-23H2. The first kappa shape index (κ1) is 29.7. The summed E-state index contributed by atoms with van der Waals surface area (Å²) in [4.78, 5) is 24.4. The molecule has 4 aromatic rings. The lowest BCUT2D eigenvalue weighted by Gasteiger charge is -2.27. The maximum atomic E-state index is 12.2. The summed E-state index contributed by atoms with van der Waals surface area (Å²) in [7, 11) is 0. The molecule has 0 heterocycles. The topological polar surface area (TPSA) is 71.1 Å². The zero-order valence-electron chi connectivity index (χ0n) is 23.5. The third-order valence-electron chi connectivity index (χ3n) is 7.15. The van der Waals surface area contributed by atoms with Crippen LogP contribution in [0.3, 0.4) is 0 Å². The number of ether oxygens (including phenoxy) is 4. The minimum atomic E-state index is -0.655. The van der Waals surface area contributed by atoms with Gasteiger partial charge >= 0.3 is 11.9 Å². The second-order valence-electron chi connectivity index (χ2n) is 9.90. The number of hydrogen-bond donors (Lipinski definition) is 0. The van der Waals surface area contributed by atoms with E-state index in [0.29, 0.717) is 29.4 Å².